The highest BCUT2D eigenvalue weighted by Crippen LogP contribution is 2.45. The predicted octanol–water partition coefficient (Wildman–Crippen LogP) is 4.36. The van der Waals surface area contributed by atoms with Crippen LogP contribution in [0.1, 0.15) is 5.56 Å². The third kappa shape index (κ3) is 4.03. The van der Waals surface area contributed by atoms with Crippen molar-refractivity contribution in [2.45, 2.75) is 11.4 Å². The fraction of sp³-hybridized carbons (Fsp3) is 0.250. The normalized spacial score (nSPS) is 16.3. The van der Waals surface area contributed by atoms with Crippen LogP contribution >= 0.6 is 12.4 Å². The molecule has 0 aromatic heterocycles. The molecule has 8 heteroatoms. The second-order valence-corrected chi connectivity index (χ2v) is 9.81. The zero-order valence-electron chi connectivity index (χ0n) is 17.8. The van der Waals surface area contributed by atoms with E-state index < -0.39 is 10.0 Å². The Morgan fingerprint density at radius 3 is 2.19 bits per heavy atom. The number of hydrogen-bond acceptors (Lipinski definition) is 5. The van der Waals surface area contributed by atoms with E-state index in [2.05, 4.69) is 22.9 Å². The monoisotopic (exact) mass is 471 g/mol. The SMILES string of the molecule is CN1CCN(c2cccc3c2Oc2ccccc2N(S(=O)(=O)c2ccccc2)C3)CC1.Cl. The summed E-state index contributed by atoms with van der Waals surface area (Å²) in [6.45, 7) is 3.99. The van der Waals surface area contributed by atoms with Crippen molar-refractivity contribution < 1.29 is 13.2 Å². The molecule has 0 N–H and O–H groups in total. The van der Waals surface area contributed by atoms with Crippen molar-refractivity contribution >= 4 is 33.8 Å². The van der Waals surface area contributed by atoms with Crippen molar-refractivity contribution in [3.63, 3.8) is 0 Å². The van der Waals surface area contributed by atoms with Gasteiger partial charge in [-0.05, 0) is 37.4 Å². The van der Waals surface area contributed by atoms with Gasteiger partial charge in [0.25, 0.3) is 10.0 Å². The lowest BCUT2D eigenvalue weighted by molar-refractivity contribution is 0.311. The summed E-state index contributed by atoms with van der Waals surface area (Å²) in [7, 11) is -1.63. The number of piperazine rings is 1. The molecule has 1 saturated heterocycles. The second kappa shape index (κ2) is 9.02. The van der Waals surface area contributed by atoms with Crippen LogP contribution in [-0.2, 0) is 16.6 Å². The summed E-state index contributed by atoms with van der Waals surface area (Å²) in [5.41, 5.74) is 2.42. The molecule has 3 aromatic rings. The summed E-state index contributed by atoms with van der Waals surface area (Å²) in [4.78, 5) is 4.90. The third-order valence-corrected chi connectivity index (χ3v) is 7.68. The molecule has 5 rings (SSSR count). The Morgan fingerprint density at radius 2 is 1.44 bits per heavy atom. The van der Waals surface area contributed by atoms with E-state index in [1.807, 2.05) is 36.4 Å². The summed E-state index contributed by atoms with van der Waals surface area (Å²) in [5.74, 6) is 1.28. The number of likely N-dealkylation sites (N-methyl/N-ethyl adjacent to an activating group) is 1. The molecule has 3 aromatic carbocycles. The highest BCUT2D eigenvalue weighted by molar-refractivity contribution is 7.92. The first-order valence-corrected chi connectivity index (χ1v) is 11.9. The van der Waals surface area contributed by atoms with Crippen LogP contribution in [0.2, 0.25) is 0 Å². The van der Waals surface area contributed by atoms with Crippen LogP contribution in [0.5, 0.6) is 11.5 Å². The molecule has 1 fully saturated rings. The number of para-hydroxylation sites is 3. The predicted molar refractivity (Wildman–Crippen MR) is 130 cm³/mol. The van der Waals surface area contributed by atoms with Crippen molar-refractivity contribution in [1.82, 2.24) is 4.90 Å². The summed E-state index contributed by atoms with van der Waals surface area (Å²) in [6.07, 6.45) is 0. The number of sulfonamides is 1. The quantitative estimate of drug-likeness (QED) is 0.568. The second-order valence-electron chi connectivity index (χ2n) is 7.95. The minimum absolute atomic E-state index is 0. The van der Waals surface area contributed by atoms with Gasteiger partial charge in [-0.1, -0.05) is 42.5 Å². The molecule has 0 atom stereocenters. The Kier molecular flexibility index (Phi) is 6.33. The van der Waals surface area contributed by atoms with Crippen molar-refractivity contribution in [3.05, 3.63) is 78.4 Å². The van der Waals surface area contributed by atoms with Gasteiger partial charge in [-0.2, -0.15) is 0 Å². The summed E-state index contributed by atoms with van der Waals surface area (Å²) < 4.78 is 35.0. The molecular formula is C24H26ClN3O3S. The Labute approximate surface area is 195 Å². The van der Waals surface area contributed by atoms with E-state index in [1.54, 1.807) is 30.3 Å². The van der Waals surface area contributed by atoms with Gasteiger partial charge in [0.15, 0.2) is 11.5 Å². The van der Waals surface area contributed by atoms with Crippen molar-refractivity contribution in [3.8, 4) is 11.5 Å². The van der Waals surface area contributed by atoms with E-state index >= 15 is 0 Å². The maximum absolute atomic E-state index is 13.6. The molecule has 2 aliphatic rings. The highest BCUT2D eigenvalue weighted by Gasteiger charge is 2.32. The zero-order chi connectivity index (χ0) is 21.4. The topological polar surface area (TPSA) is 53.1 Å². The number of ether oxygens (including phenoxy) is 1. The minimum Gasteiger partial charge on any atom is -0.453 e. The van der Waals surface area contributed by atoms with E-state index in [0.29, 0.717) is 11.4 Å². The van der Waals surface area contributed by atoms with Gasteiger partial charge in [-0.15, -0.1) is 12.4 Å². The maximum Gasteiger partial charge on any atom is 0.264 e. The number of halogens is 1. The number of nitrogens with zero attached hydrogens (tertiary/aromatic N) is 3. The number of fused-ring (bicyclic) bond motifs is 2. The van der Waals surface area contributed by atoms with Crippen LogP contribution in [0.3, 0.4) is 0 Å². The van der Waals surface area contributed by atoms with Crippen molar-refractivity contribution in [1.29, 1.82) is 0 Å². The summed E-state index contributed by atoms with van der Waals surface area (Å²) in [5, 5.41) is 0. The molecule has 6 nitrogen and oxygen atoms in total. The van der Waals surface area contributed by atoms with Crippen LogP contribution in [0, 0.1) is 0 Å². The van der Waals surface area contributed by atoms with Gasteiger partial charge < -0.3 is 14.5 Å². The van der Waals surface area contributed by atoms with Crippen LogP contribution in [-0.4, -0.2) is 46.5 Å². The van der Waals surface area contributed by atoms with E-state index in [4.69, 9.17) is 4.74 Å². The molecule has 0 radical (unpaired) electrons. The van der Waals surface area contributed by atoms with Gasteiger partial charge in [0.1, 0.15) is 0 Å². The standard InChI is InChI=1S/C24H25N3O3S.ClH/c1-25-14-16-26(17-15-25)22-12-7-8-19-18-27(31(28,29)20-9-3-2-4-10-20)21-11-5-6-13-23(21)30-24(19)22;/h2-13H,14-18H2,1H3;1H. The lowest BCUT2D eigenvalue weighted by atomic mass is 10.1. The van der Waals surface area contributed by atoms with E-state index in [9.17, 15) is 8.42 Å². The maximum atomic E-state index is 13.6. The highest BCUT2D eigenvalue weighted by atomic mass is 35.5. The number of hydrogen-bond donors (Lipinski definition) is 0. The van der Waals surface area contributed by atoms with Gasteiger partial charge in [0.05, 0.1) is 22.8 Å². The molecule has 0 saturated carbocycles. The van der Waals surface area contributed by atoms with Gasteiger partial charge in [-0.25, -0.2) is 8.42 Å². The first kappa shape index (κ1) is 22.5. The fourth-order valence-electron chi connectivity index (χ4n) is 4.14. The molecule has 0 aliphatic carbocycles. The first-order valence-electron chi connectivity index (χ1n) is 10.4. The average molecular weight is 472 g/mol. The molecule has 0 unspecified atom stereocenters. The third-order valence-electron chi connectivity index (χ3n) is 5.91. The van der Waals surface area contributed by atoms with Crippen molar-refractivity contribution in [2.24, 2.45) is 0 Å². The van der Waals surface area contributed by atoms with E-state index in [-0.39, 0.29) is 23.8 Å². The van der Waals surface area contributed by atoms with Crippen LogP contribution in [0.25, 0.3) is 0 Å². The lowest BCUT2D eigenvalue weighted by Gasteiger charge is -2.35. The molecule has 0 amide bonds. The van der Waals surface area contributed by atoms with Crippen molar-refractivity contribution in [2.75, 3.05) is 42.4 Å². The minimum atomic E-state index is -3.75. The molecule has 2 heterocycles. The summed E-state index contributed by atoms with van der Waals surface area (Å²) >= 11 is 0. The lowest BCUT2D eigenvalue weighted by Crippen LogP contribution is -2.44. The Hall–Kier alpha value is -2.74. The number of rotatable bonds is 3. The summed E-state index contributed by atoms with van der Waals surface area (Å²) in [6, 6.07) is 21.9. The largest absolute Gasteiger partial charge is 0.453 e. The molecule has 0 bridgehead atoms. The molecular weight excluding hydrogens is 446 g/mol. The molecule has 168 valence electrons. The Bertz CT molecular complexity index is 1200. The Balaban J connectivity index is 0.00000245. The number of anilines is 2. The van der Waals surface area contributed by atoms with Gasteiger partial charge in [-0.3, -0.25) is 4.31 Å². The van der Waals surface area contributed by atoms with E-state index in [1.165, 1.54) is 4.31 Å². The smallest absolute Gasteiger partial charge is 0.264 e. The number of benzene rings is 3. The zero-order valence-corrected chi connectivity index (χ0v) is 19.5. The molecule has 32 heavy (non-hydrogen) atoms. The first-order chi connectivity index (χ1) is 15.0. The van der Waals surface area contributed by atoms with Gasteiger partial charge in [0, 0.05) is 31.7 Å². The van der Waals surface area contributed by atoms with Gasteiger partial charge in [0.2, 0.25) is 0 Å². The van der Waals surface area contributed by atoms with Crippen LogP contribution < -0.4 is 13.9 Å². The van der Waals surface area contributed by atoms with Crippen LogP contribution in [0.4, 0.5) is 11.4 Å². The average Bonchev–Trinajstić information content (AvgIpc) is 2.97. The molecule has 2 aliphatic heterocycles. The fourth-order valence-corrected chi connectivity index (χ4v) is 5.62. The van der Waals surface area contributed by atoms with Gasteiger partial charge >= 0.3 is 0 Å². The molecule has 0 spiro atoms. The Morgan fingerprint density at radius 1 is 0.781 bits per heavy atom. The van der Waals surface area contributed by atoms with Crippen LogP contribution in [0.15, 0.2) is 77.7 Å². The van der Waals surface area contributed by atoms with E-state index in [0.717, 1.165) is 43.2 Å².